The fourth-order valence-corrected chi connectivity index (χ4v) is 17.1. The van der Waals surface area contributed by atoms with E-state index < -0.39 is 5.41 Å². The molecule has 0 radical (unpaired) electrons. The Hall–Kier alpha value is -9.35. The number of rotatable bonds is 6. The number of para-hydroxylation sites is 1. The lowest BCUT2D eigenvalue weighted by molar-refractivity contribution is 0.436. The van der Waals surface area contributed by atoms with Gasteiger partial charge in [0, 0.05) is 43.4 Å². The summed E-state index contributed by atoms with van der Waals surface area (Å²) in [6, 6.07) is 96.0. The van der Waals surface area contributed by atoms with Crippen molar-refractivity contribution >= 4 is 51.9 Å². The van der Waals surface area contributed by atoms with Crippen LogP contribution in [0.4, 0.5) is 17.1 Å². The summed E-state index contributed by atoms with van der Waals surface area (Å²) < 4.78 is 7.32. The SMILES string of the molecule is CC(C)(C)c1cc(-c2ccc3c(c2)Sc2cc(-c4ccc5c(c4)Oc4ccccc4C54c5ccccc5-c5ccccc54)cc4c2B3c2ccc(-c3cc(C(C)(C)C)cc(C(C)(C)C)c3)cc2N4c2c(-c3ccccc3)cc(C(C)(C)C)cc2-c2ccccc2)cc(C(C)(C)C)c1. The molecule has 12 aromatic rings. The van der Waals surface area contributed by atoms with Gasteiger partial charge in [-0.2, -0.15) is 0 Å². The van der Waals surface area contributed by atoms with Gasteiger partial charge in [-0.15, -0.1) is 0 Å². The lowest BCUT2D eigenvalue weighted by atomic mass is 9.34. The first kappa shape index (κ1) is 62.5. The van der Waals surface area contributed by atoms with Crippen LogP contribution in [0, 0.1) is 0 Å². The third-order valence-electron chi connectivity index (χ3n) is 21.3. The maximum Gasteiger partial charge on any atom is 0.249 e. The smallest absolute Gasteiger partial charge is 0.249 e. The summed E-state index contributed by atoms with van der Waals surface area (Å²) in [5.74, 6) is 1.76. The Morgan fingerprint density at radius 2 is 0.701 bits per heavy atom. The van der Waals surface area contributed by atoms with Gasteiger partial charge in [-0.25, -0.2) is 0 Å². The molecular formula is C93H86BNOS. The molecule has 3 heterocycles. The van der Waals surface area contributed by atoms with Crippen LogP contribution < -0.4 is 26.0 Å². The first-order valence-corrected chi connectivity index (χ1v) is 35.7. The molecule has 1 spiro atoms. The molecule has 0 fully saturated rings. The van der Waals surface area contributed by atoms with Gasteiger partial charge in [-0.05, 0) is 181 Å². The van der Waals surface area contributed by atoms with Crippen molar-refractivity contribution in [1.82, 2.24) is 0 Å². The summed E-state index contributed by atoms with van der Waals surface area (Å²) in [4.78, 5) is 5.25. The second-order valence-electron chi connectivity index (χ2n) is 33.0. The number of ether oxygens (including phenoxy) is 1. The van der Waals surface area contributed by atoms with E-state index in [-0.39, 0.29) is 33.8 Å². The van der Waals surface area contributed by atoms with Crippen LogP contribution in [0.2, 0.25) is 0 Å². The van der Waals surface area contributed by atoms with Gasteiger partial charge in [0.1, 0.15) is 11.5 Å². The van der Waals surface area contributed by atoms with Gasteiger partial charge in [-0.1, -0.05) is 321 Å². The molecule has 0 amide bonds. The highest BCUT2D eigenvalue weighted by molar-refractivity contribution is 8.00. The summed E-state index contributed by atoms with van der Waals surface area (Å²) in [6.07, 6.45) is 0. The summed E-state index contributed by atoms with van der Waals surface area (Å²) >= 11 is 1.93. The predicted molar refractivity (Wildman–Crippen MR) is 414 cm³/mol. The number of hydrogen-bond donors (Lipinski definition) is 0. The molecule has 12 aromatic carbocycles. The first-order chi connectivity index (χ1) is 46.2. The third-order valence-corrected chi connectivity index (χ3v) is 22.5. The van der Waals surface area contributed by atoms with Gasteiger partial charge in [0.25, 0.3) is 0 Å². The lowest BCUT2D eigenvalue weighted by Crippen LogP contribution is -2.59. The lowest BCUT2D eigenvalue weighted by Gasteiger charge is -2.42. The summed E-state index contributed by atoms with van der Waals surface area (Å²) in [6.45, 7) is 35.1. The van der Waals surface area contributed by atoms with E-state index in [0.717, 1.165) is 33.9 Å². The van der Waals surface area contributed by atoms with E-state index in [0.29, 0.717) is 0 Å². The van der Waals surface area contributed by atoms with Gasteiger partial charge < -0.3 is 9.64 Å². The fourth-order valence-electron chi connectivity index (χ4n) is 15.9. The molecule has 0 atom stereocenters. The summed E-state index contributed by atoms with van der Waals surface area (Å²) in [7, 11) is 0. The highest BCUT2D eigenvalue weighted by Crippen LogP contribution is 2.63. The van der Waals surface area contributed by atoms with E-state index in [1.807, 2.05) is 11.8 Å². The van der Waals surface area contributed by atoms with Gasteiger partial charge in [-0.3, -0.25) is 0 Å². The average molecular weight is 1280 g/mol. The average Bonchev–Trinajstić information content (AvgIpc) is 1.64. The summed E-state index contributed by atoms with van der Waals surface area (Å²) in [5, 5.41) is 0. The normalized spacial score (nSPS) is 14.2. The Bertz CT molecular complexity index is 5020. The second-order valence-corrected chi connectivity index (χ2v) is 34.0. The van der Waals surface area contributed by atoms with Gasteiger partial charge in [0.05, 0.1) is 11.1 Å². The molecule has 0 aromatic heterocycles. The number of fused-ring (bicyclic) bond motifs is 13. The summed E-state index contributed by atoms with van der Waals surface area (Å²) in [5.41, 5.74) is 32.4. The van der Waals surface area contributed by atoms with Crippen LogP contribution in [-0.4, -0.2) is 6.71 Å². The molecule has 4 aliphatic rings. The molecule has 2 nitrogen and oxygen atoms in total. The van der Waals surface area contributed by atoms with Gasteiger partial charge >= 0.3 is 0 Å². The van der Waals surface area contributed by atoms with Gasteiger partial charge in [0.2, 0.25) is 6.71 Å². The Labute approximate surface area is 581 Å². The molecular weight excluding hydrogens is 1190 g/mol. The van der Waals surface area contributed by atoms with Crippen molar-refractivity contribution in [1.29, 1.82) is 0 Å². The highest BCUT2D eigenvalue weighted by Gasteiger charge is 2.51. The molecule has 478 valence electrons. The maximum absolute atomic E-state index is 7.32. The molecule has 0 saturated carbocycles. The van der Waals surface area contributed by atoms with E-state index in [4.69, 9.17) is 4.74 Å². The van der Waals surface area contributed by atoms with Crippen LogP contribution in [0.25, 0.3) is 66.8 Å². The van der Waals surface area contributed by atoms with Crippen molar-refractivity contribution in [3.8, 4) is 78.3 Å². The minimum atomic E-state index is -0.582. The van der Waals surface area contributed by atoms with Crippen LogP contribution in [-0.2, 0) is 32.5 Å². The van der Waals surface area contributed by atoms with Gasteiger partial charge in [0.15, 0.2) is 0 Å². The second kappa shape index (κ2) is 22.4. The molecule has 1 aliphatic carbocycles. The zero-order valence-electron chi connectivity index (χ0n) is 59.0. The quantitative estimate of drug-likeness (QED) is 0.154. The van der Waals surface area contributed by atoms with E-state index in [9.17, 15) is 0 Å². The van der Waals surface area contributed by atoms with Crippen LogP contribution in [0.5, 0.6) is 11.5 Å². The molecule has 0 unspecified atom stereocenters. The number of benzene rings is 12. The Morgan fingerprint density at radius 1 is 0.299 bits per heavy atom. The van der Waals surface area contributed by atoms with E-state index in [1.165, 1.54) is 138 Å². The topological polar surface area (TPSA) is 12.5 Å². The van der Waals surface area contributed by atoms with Crippen molar-refractivity contribution < 1.29 is 4.74 Å². The Morgan fingerprint density at radius 3 is 1.23 bits per heavy atom. The minimum absolute atomic E-state index is 0.0325. The standard InChI is InChI=1S/C93H86BNOS/c1-88(2,3)65-44-62(45-66(53-65)89(4,5)6)59-39-42-78-80(48-59)95(87-72(57-28-18-16-19-29-57)55-69(92(13,14)15)56-73(87)58-30-20-17-21-31-58)81-49-64(52-85-86(81)94(78)79-43-40-61(51-84(79)97-85)63-46-67(90(7,8)9)54-68(47-63)91(10,11)12)60-38-41-77-83(50-60)96-82-37-27-26-36-76(82)93(77)74-34-24-22-32-70(74)71-33-23-25-35-75(71)93/h16-56H,1-15H3. The molecule has 0 saturated heterocycles. The predicted octanol–water partition coefficient (Wildman–Crippen LogP) is 23.7. The van der Waals surface area contributed by atoms with Crippen molar-refractivity contribution in [3.05, 3.63) is 299 Å². The Kier molecular flexibility index (Phi) is 14.4. The van der Waals surface area contributed by atoms with Crippen LogP contribution in [0.3, 0.4) is 0 Å². The molecule has 97 heavy (non-hydrogen) atoms. The van der Waals surface area contributed by atoms with Crippen LogP contribution in [0.1, 0.15) is 154 Å². The number of nitrogens with zero attached hydrogens (tertiary/aromatic N) is 1. The number of hydrogen-bond acceptors (Lipinski definition) is 3. The van der Waals surface area contributed by atoms with Crippen molar-refractivity contribution in [2.45, 2.75) is 146 Å². The third kappa shape index (κ3) is 10.4. The number of anilines is 3. The molecule has 4 heteroatoms. The molecule has 0 bridgehead atoms. The zero-order valence-corrected chi connectivity index (χ0v) is 59.8. The first-order valence-electron chi connectivity index (χ1n) is 34.9. The fraction of sp³-hybridized carbons (Fsp3) is 0.226. The van der Waals surface area contributed by atoms with E-state index in [2.05, 4.69) is 357 Å². The van der Waals surface area contributed by atoms with Crippen LogP contribution >= 0.6 is 11.8 Å². The zero-order chi connectivity index (χ0) is 67.5. The van der Waals surface area contributed by atoms with E-state index >= 15 is 0 Å². The highest BCUT2D eigenvalue weighted by atomic mass is 32.2. The van der Waals surface area contributed by atoms with E-state index in [1.54, 1.807) is 0 Å². The monoisotopic (exact) mass is 1280 g/mol. The Balaban J connectivity index is 1.01. The van der Waals surface area contributed by atoms with Crippen LogP contribution in [0.15, 0.2) is 259 Å². The molecule has 16 rings (SSSR count). The molecule has 3 aliphatic heterocycles. The van der Waals surface area contributed by atoms with Crippen molar-refractivity contribution in [2.75, 3.05) is 4.90 Å². The minimum Gasteiger partial charge on any atom is -0.457 e. The largest absolute Gasteiger partial charge is 0.457 e. The van der Waals surface area contributed by atoms with Crippen molar-refractivity contribution in [2.24, 2.45) is 0 Å². The van der Waals surface area contributed by atoms with Crippen molar-refractivity contribution in [3.63, 3.8) is 0 Å². The molecule has 0 N–H and O–H groups in total. The maximum atomic E-state index is 7.32.